The molecule has 0 aromatic carbocycles. The Kier molecular flexibility index (Phi) is 6.21. The first-order valence-electron chi connectivity index (χ1n) is 8.06. The van der Waals surface area contributed by atoms with Crippen LogP contribution >= 0.6 is 15.9 Å². The van der Waals surface area contributed by atoms with Crippen LogP contribution < -0.4 is 4.74 Å². The molecule has 1 aromatic heterocycles. The van der Waals surface area contributed by atoms with Gasteiger partial charge in [-0.15, -0.1) is 0 Å². The number of nitrogens with zero attached hydrogens (tertiary/aromatic N) is 3. The molecule has 0 saturated carbocycles. The number of aromatic nitrogens is 1. The molecular weight excluding hydrogens is 394 g/mol. The van der Waals surface area contributed by atoms with Crippen LogP contribution in [0.4, 0.5) is 10.5 Å². The number of piperidine rings is 1. The Hall–Kier alpha value is -1.90. The summed E-state index contributed by atoms with van der Waals surface area (Å²) < 4.78 is 11.5. The number of amides is 1. The molecule has 1 amide bonds. The number of pyridine rings is 1. The van der Waals surface area contributed by atoms with Crippen molar-refractivity contribution in [2.24, 2.45) is 5.92 Å². The van der Waals surface area contributed by atoms with E-state index < -0.39 is 10.5 Å². The number of carbonyl (C=O) groups is 1. The normalized spacial score (nSPS) is 15.8. The van der Waals surface area contributed by atoms with Gasteiger partial charge in [0.05, 0.1) is 11.5 Å². The van der Waals surface area contributed by atoms with E-state index in [0.717, 1.165) is 12.8 Å². The van der Waals surface area contributed by atoms with Gasteiger partial charge in [0.15, 0.2) is 0 Å². The van der Waals surface area contributed by atoms with E-state index in [1.807, 2.05) is 20.8 Å². The van der Waals surface area contributed by atoms with E-state index in [1.54, 1.807) is 4.90 Å². The van der Waals surface area contributed by atoms with Gasteiger partial charge in [-0.2, -0.15) is 0 Å². The summed E-state index contributed by atoms with van der Waals surface area (Å²) in [5.74, 6) is 0.423. The molecule has 1 saturated heterocycles. The van der Waals surface area contributed by atoms with Crippen LogP contribution in [0, 0.1) is 16.0 Å². The third kappa shape index (κ3) is 5.84. The molecule has 2 heterocycles. The number of halogens is 1. The second-order valence-corrected chi connectivity index (χ2v) is 7.77. The number of rotatable bonds is 4. The maximum atomic E-state index is 12.0. The largest absolute Gasteiger partial charge is 0.486 e. The van der Waals surface area contributed by atoms with Crippen molar-refractivity contribution in [1.29, 1.82) is 0 Å². The van der Waals surface area contributed by atoms with E-state index in [0.29, 0.717) is 24.3 Å². The molecule has 0 aliphatic carbocycles. The van der Waals surface area contributed by atoms with Gasteiger partial charge >= 0.3 is 11.8 Å². The monoisotopic (exact) mass is 415 g/mol. The number of likely N-dealkylation sites (tertiary alicyclic amines) is 1. The number of hydrogen-bond acceptors (Lipinski definition) is 6. The second-order valence-electron chi connectivity index (χ2n) is 6.95. The van der Waals surface area contributed by atoms with Crippen LogP contribution in [0.3, 0.4) is 0 Å². The third-order valence-corrected chi connectivity index (χ3v) is 4.18. The van der Waals surface area contributed by atoms with Crippen molar-refractivity contribution in [2.45, 2.75) is 39.2 Å². The second kappa shape index (κ2) is 7.99. The van der Waals surface area contributed by atoms with Gasteiger partial charge in [-0.05, 0) is 55.5 Å². The van der Waals surface area contributed by atoms with E-state index in [9.17, 15) is 14.9 Å². The quantitative estimate of drug-likeness (QED) is 0.421. The lowest BCUT2D eigenvalue weighted by atomic mass is 9.98. The van der Waals surface area contributed by atoms with Crippen LogP contribution in [0.25, 0.3) is 0 Å². The molecule has 25 heavy (non-hydrogen) atoms. The van der Waals surface area contributed by atoms with Crippen molar-refractivity contribution >= 4 is 27.7 Å². The predicted molar refractivity (Wildman–Crippen MR) is 94.6 cm³/mol. The minimum Gasteiger partial charge on any atom is -0.486 e. The van der Waals surface area contributed by atoms with Gasteiger partial charge in [0, 0.05) is 19.2 Å². The number of ether oxygens (including phenoxy) is 2. The molecule has 0 spiro atoms. The lowest BCUT2D eigenvalue weighted by Gasteiger charge is -2.33. The smallest absolute Gasteiger partial charge is 0.410 e. The summed E-state index contributed by atoms with van der Waals surface area (Å²) in [4.78, 5) is 28.1. The fourth-order valence-electron chi connectivity index (χ4n) is 2.47. The van der Waals surface area contributed by atoms with E-state index in [1.165, 1.54) is 12.3 Å². The predicted octanol–water partition coefficient (Wildman–Crippen LogP) is 3.78. The first kappa shape index (κ1) is 19.4. The topological polar surface area (TPSA) is 94.8 Å². The highest BCUT2D eigenvalue weighted by molar-refractivity contribution is 9.10. The highest BCUT2D eigenvalue weighted by Crippen LogP contribution is 2.29. The molecule has 2 rings (SSSR count). The summed E-state index contributed by atoms with van der Waals surface area (Å²) in [7, 11) is 0. The fraction of sp³-hybridized carbons (Fsp3) is 0.625. The third-order valence-electron chi connectivity index (χ3n) is 3.75. The first-order valence-corrected chi connectivity index (χ1v) is 8.85. The first-order chi connectivity index (χ1) is 11.7. The molecule has 1 aromatic rings. The molecule has 0 bridgehead atoms. The SMILES string of the molecule is CC(C)(C)OC(=O)N1CCC(COc2cc(Br)ncc2[N+](=O)[O-])CC1. The van der Waals surface area contributed by atoms with Crippen molar-refractivity contribution in [3.8, 4) is 5.75 Å². The van der Waals surface area contributed by atoms with Gasteiger partial charge in [-0.25, -0.2) is 9.78 Å². The lowest BCUT2D eigenvalue weighted by Crippen LogP contribution is -2.42. The summed E-state index contributed by atoms with van der Waals surface area (Å²) in [6.07, 6.45) is 2.39. The molecule has 1 aliphatic rings. The minimum atomic E-state index is -0.514. The Bertz CT molecular complexity index is 639. The maximum Gasteiger partial charge on any atom is 0.410 e. The van der Waals surface area contributed by atoms with Gasteiger partial charge in [0.1, 0.15) is 16.4 Å². The van der Waals surface area contributed by atoms with E-state index >= 15 is 0 Å². The Balaban J connectivity index is 1.86. The molecule has 0 atom stereocenters. The molecule has 9 heteroatoms. The highest BCUT2D eigenvalue weighted by Gasteiger charge is 2.27. The van der Waals surface area contributed by atoms with Gasteiger partial charge in [-0.3, -0.25) is 10.1 Å². The maximum absolute atomic E-state index is 12.0. The van der Waals surface area contributed by atoms with Crippen LogP contribution in [-0.2, 0) is 4.74 Å². The fourth-order valence-corrected chi connectivity index (χ4v) is 2.79. The average molecular weight is 416 g/mol. The van der Waals surface area contributed by atoms with Gasteiger partial charge in [-0.1, -0.05) is 0 Å². The molecule has 0 radical (unpaired) electrons. The van der Waals surface area contributed by atoms with E-state index in [-0.39, 0.29) is 23.4 Å². The summed E-state index contributed by atoms with van der Waals surface area (Å²) in [6.45, 7) is 7.05. The Morgan fingerprint density at radius 1 is 1.44 bits per heavy atom. The summed E-state index contributed by atoms with van der Waals surface area (Å²) in [6, 6.07) is 1.49. The van der Waals surface area contributed by atoms with Gasteiger partial charge < -0.3 is 14.4 Å². The Morgan fingerprint density at radius 3 is 2.64 bits per heavy atom. The molecular formula is C16H22BrN3O5. The van der Waals surface area contributed by atoms with Crippen LogP contribution in [0.2, 0.25) is 0 Å². The summed E-state index contributed by atoms with van der Waals surface area (Å²) in [5.41, 5.74) is -0.667. The minimum absolute atomic E-state index is 0.158. The molecule has 0 N–H and O–H groups in total. The van der Waals surface area contributed by atoms with Crippen molar-refractivity contribution in [1.82, 2.24) is 9.88 Å². The lowest BCUT2D eigenvalue weighted by molar-refractivity contribution is -0.386. The van der Waals surface area contributed by atoms with E-state index in [4.69, 9.17) is 9.47 Å². The van der Waals surface area contributed by atoms with Crippen molar-refractivity contribution in [2.75, 3.05) is 19.7 Å². The van der Waals surface area contributed by atoms with Crippen molar-refractivity contribution in [3.63, 3.8) is 0 Å². The molecule has 8 nitrogen and oxygen atoms in total. The molecule has 138 valence electrons. The number of nitro groups is 1. The summed E-state index contributed by atoms with van der Waals surface area (Å²) >= 11 is 3.19. The Morgan fingerprint density at radius 2 is 2.08 bits per heavy atom. The summed E-state index contributed by atoms with van der Waals surface area (Å²) in [5, 5.41) is 11.0. The zero-order valence-electron chi connectivity index (χ0n) is 14.5. The highest BCUT2D eigenvalue weighted by atomic mass is 79.9. The Labute approximate surface area is 154 Å². The van der Waals surface area contributed by atoms with E-state index in [2.05, 4.69) is 20.9 Å². The van der Waals surface area contributed by atoms with Crippen molar-refractivity contribution < 1.29 is 19.2 Å². The van der Waals surface area contributed by atoms with Crippen LogP contribution in [0.15, 0.2) is 16.9 Å². The van der Waals surface area contributed by atoms with Crippen LogP contribution in [0.5, 0.6) is 5.75 Å². The van der Waals surface area contributed by atoms with Crippen LogP contribution in [0.1, 0.15) is 33.6 Å². The van der Waals surface area contributed by atoms with Gasteiger partial charge in [0.25, 0.3) is 0 Å². The van der Waals surface area contributed by atoms with Crippen molar-refractivity contribution in [3.05, 3.63) is 27.0 Å². The zero-order valence-corrected chi connectivity index (χ0v) is 16.1. The standard InChI is InChI=1S/C16H22BrN3O5/c1-16(2,3)25-15(21)19-6-4-11(5-7-19)10-24-13-8-14(17)18-9-12(13)20(22)23/h8-9,11H,4-7,10H2,1-3H3. The number of hydrogen-bond donors (Lipinski definition) is 0. The molecule has 0 unspecified atom stereocenters. The zero-order chi connectivity index (χ0) is 18.6. The molecule has 1 aliphatic heterocycles. The van der Waals surface area contributed by atoms with Crippen LogP contribution in [-0.4, -0.2) is 46.2 Å². The number of carbonyl (C=O) groups excluding carboxylic acids is 1. The molecule has 1 fully saturated rings. The van der Waals surface area contributed by atoms with Gasteiger partial charge in [0.2, 0.25) is 5.75 Å². The average Bonchev–Trinajstić information content (AvgIpc) is 2.51.